The molecular formula is C20H22N2O3. The molecule has 1 amide bonds. The summed E-state index contributed by atoms with van der Waals surface area (Å²) in [7, 11) is 0. The van der Waals surface area contributed by atoms with Crippen LogP contribution in [0.4, 0.5) is 5.69 Å². The third-order valence-electron chi connectivity index (χ3n) is 4.90. The molecule has 0 aliphatic carbocycles. The highest BCUT2D eigenvalue weighted by Crippen LogP contribution is 2.32. The summed E-state index contributed by atoms with van der Waals surface area (Å²) in [5.74, 6) is 1.41. The third kappa shape index (κ3) is 3.33. The first-order valence-corrected chi connectivity index (χ1v) is 8.72. The van der Waals surface area contributed by atoms with E-state index in [-0.39, 0.29) is 11.9 Å². The van der Waals surface area contributed by atoms with Crippen LogP contribution in [0, 0.1) is 0 Å². The third-order valence-corrected chi connectivity index (χ3v) is 4.90. The van der Waals surface area contributed by atoms with E-state index in [4.69, 9.17) is 9.47 Å². The number of ether oxygens (including phenoxy) is 2. The highest BCUT2D eigenvalue weighted by molar-refractivity contribution is 5.94. The minimum Gasteiger partial charge on any atom is -0.486 e. The molecule has 0 saturated heterocycles. The zero-order valence-electron chi connectivity index (χ0n) is 14.3. The van der Waals surface area contributed by atoms with Crippen molar-refractivity contribution >= 4 is 11.6 Å². The van der Waals surface area contributed by atoms with Gasteiger partial charge in [0.2, 0.25) is 5.91 Å². The molecule has 0 aromatic heterocycles. The van der Waals surface area contributed by atoms with E-state index in [0.717, 1.165) is 30.9 Å². The SMILES string of the molecule is CC(C(=O)Nc1ccc2c(c1)OCCO2)N1CCc2ccccc2C1. The maximum Gasteiger partial charge on any atom is 0.241 e. The second kappa shape index (κ2) is 6.76. The fourth-order valence-electron chi connectivity index (χ4n) is 3.38. The molecular weight excluding hydrogens is 316 g/mol. The van der Waals surface area contributed by atoms with Crippen molar-refractivity contribution in [2.75, 3.05) is 25.1 Å². The van der Waals surface area contributed by atoms with Crippen molar-refractivity contribution in [3.63, 3.8) is 0 Å². The standard InChI is InChI=1S/C20H22N2O3/c1-14(22-9-8-15-4-2-3-5-16(15)13-22)20(23)21-17-6-7-18-19(12-17)25-11-10-24-18/h2-7,12,14H,8-11,13H2,1H3,(H,21,23). The number of carbonyl (C=O) groups is 1. The Labute approximate surface area is 147 Å². The molecule has 2 aliphatic rings. The predicted octanol–water partition coefficient (Wildman–Crippen LogP) is 2.84. The molecule has 2 aliphatic heterocycles. The van der Waals surface area contributed by atoms with Gasteiger partial charge < -0.3 is 14.8 Å². The van der Waals surface area contributed by atoms with Crippen LogP contribution in [0.15, 0.2) is 42.5 Å². The molecule has 0 fully saturated rings. The van der Waals surface area contributed by atoms with Crippen LogP contribution >= 0.6 is 0 Å². The maximum atomic E-state index is 12.7. The molecule has 2 heterocycles. The number of nitrogens with zero attached hydrogens (tertiary/aromatic N) is 1. The minimum atomic E-state index is -0.193. The first-order chi connectivity index (χ1) is 12.2. The lowest BCUT2D eigenvalue weighted by atomic mass is 9.99. The molecule has 5 heteroatoms. The molecule has 4 rings (SSSR count). The van der Waals surface area contributed by atoms with Gasteiger partial charge in [-0.05, 0) is 36.6 Å². The van der Waals surface area contributed by atoms with E-state index in [1.54, 1.807) is 0 Å². The van der Waals surface area contributed by atoms with E-state index < -0.39 is 0 Å². The number of fused-ring (bicyclic) bond motifs is 2. The predicted molar refractivity (Wildman–Crippen MR) is 96.1 cm³/mol. The van der Waals surface area contributed by atoms with Gasteiger partial charge in [-0.15, -0.1) is 0 Å². The first kappa shape index (κ1) is 16.0. The second-order valence-corrected chi connectivity index (χ2v) is 6.51. The van der Waals surface area contributed by atoms with Crippen molar-refractivity contribution in [1.82, 2.24) is 4.90 Å². The van der Waals surface area contributed by atoms with Crippen LogP contribution in [0.2, 0.25) is 0 Å². The Kier molecular flexibility index (Phi) is 4.32. The number of nitrogens with one attached hydrogen (secondary N) is 1. The van der Waals surface area contributed by atoms with Gasteiger partial charge in [0.25, 0.3) is 0 Å². The largest absolute Gasteiger partial charge is 0.486 e. The molecule has 0 saturated carbocycles. The van der Waals surface area contributed by atoms with E-state index >= 15 is 0 Å². The van der Waals surface area contributed by atoms with Crippen LogP contribution in [0.25, 0.3) is 0 Å². The molecule has 0 bridgehead atoms. The van der Waals surface area contributed by atoms with Crippen molar-refractivity contribution in [2.45, 2.75) is 25.9 Å². The van der Waals surface area contributed by atoms with Crippen LogP contribution < -0.4 is 14.8 Å². The highest BCUT2D eigenvalue weighted by Gasteiger charge is 2.25. The summed E-state index contributed by atoms with van der Waals surface area (Å²) >= 11 is 0. The van der Waals surface area contributed by atoms with E-state index in [1.165, 1.54) is 11.1 Å². The van der Waals surface area contributed by atoms with Gasteiger partial charge >= 0.3 is 0 Å². The Bertz CT molecular complexity index is 790. The summed E-state index contributed by atoms with van der Waals surface area (Å²) in [6.45, 7) is 4.76. The first-order valence-electron chi connectivity index (χ1n) is 8.72. The Balaban J connectivity index is 1.43. The van der Waals surface area contributed by atoms with Gasteiger partial charge in [-0.2, -0.15) is 0 Å². The molecule has 25 heavy (non-hydrogen) atoms. The molecule has 2 aromatic carbocycles. The maximum absolute atomic E-state index is 12.7. The van der Waals surface area contributed by atoms with Crippen LogP contribution in [0.5, 0.6) is 11.5 Å². The smallest absolute Gasteiger partial charge is 0.241 e. The Morgan fingerprint density at radius 2 is 1.84 bits per heavy atom. The van der Waals surface area contributed by atoms with Gasteiger partial charge in [0.05, 0.1) is 6.04 Å². The normalized spacial score (nSPS) is 17.5. The molecule has 2 aromatic rings. The zero-order valence-corrected chi connectivity index (χ0v) is 14.3. The number of benzene rings is 2. The van der Waals surface area contributed by atoms with Crippen molar-refractivity contribution in [1.29, 1.82) is 0 Å². The second-order valence-electron chi connectivity index (χ2n) is 6.51. The molecule has 1 atom stereocenters. The lowest BCUT2D eigenvalue weighted by molar-refractivity contribution is -0.121. The van der Waals surface area contributed by atoms with Crippen molar-refractivity contribution < 1.29 is 14.3 Å². The Hall–Kier alpha value is -2.53. The summed E-state index contributed by atoms with van der Waals surface area (Å²) in [4.78, 5) is 14.9. The zero-order chi connectivity index (χ0) is 17.2. The summed E-state index contributed by atoms with van der Waals surface area (Å²) < 4.78 is 11.1. The molecule has 1 N–H and O–H groups in total. The number of rotatable bonds is 3. The Morgan fingerprint density at radius 3 is 2.68 bits per heavy atom. The van der Waals surface area contributed by atoms with Crippen molar-refractivity contribution in [2.24, 2.45) is 0 Å². The fraction of sp³-hybridized carbons (Fsp3) is 0.350. The van der Waals surface area contributed by atoms with Gasteiger partial charge in [0, 0.05) is 24.8 Å². The number of carbonyl (C=O) groups excluding carboxylic acids is 1. The van der Waals surface area contributed by atoms with Crippen LogP contribution in [0.1, 0.15) is 18.1 Å². The summed E-state index contributed by atoms with van der Waals surface area (Å²) in [6.07, 6.45) is 0.984. The van der Waals surface area contributed by atoms with Crippen LogP contribution in [-0.2, 0) is 17.8 Å². The number of hydrogen-bond acceptors (Lipinski definition) is 4. The van der Waals surface area contributed by atoms with E-state index in [1.807, 2.05) is 25.1 Å². The van der Waals surface area contributed by atoms with Gasteiger partial charge in [0.1, 0.15) is 13.2 Å². The molecule has 1 unspecified atom stereocenters. The van der Waals surface area contributed by atoms with Crippen LogP contribution in [0.3, 0.4) is 0 Å². The fourth-order valence-corrected chi connectivity index (χ4v) is 3.38. The minimum absolute atomic E-state index is 0.00365. The monoisotopic (exact) mass is 338 g/mol. The lowest BCUT2D eigenvalue weighted by Crippen LogP contribution is -2.44. The highest BCUT2D eigenvalue weighted by atomic mass is 16.6. The average Bonchev–Trinajstić information content (AvgIpc) is 2.67. The quantitative estimate of drug-likeness (QED) is 0.935. The van der Waals surface area contributed by atoms with Gasteiger partial charge in [0.15, 0.2) is 11.5 Å². The number of amides is 1. The molecule has 0 radical (unpaired) electrons. The van der Waals surface area contributed by atoms with Gasteiger partial charge in [-0.25, -0.2) is 0 Å². The summed E-state index contributed by atoms with van der Waals surface area (Å²) in [6, 6.07) is 13.8. The topological polar surface area (TPSA) is 50.8 Å². The van der Waals surface area contributed by atoms with E-state index in [2.05, 4.69) is 34.5 Å². The van der Waals surface area contributed by atoms with Crippen molar-refractivity contribution in [3.8, 4) is 11.5 Å². The van der Waals surface area contributed by atoms with Crippen LogP contribution in [-0.4, -0.2) is 36.6 Å². The van der Waals surface area contributed by atoms with E-state index in [9.17, 15) is 4.79 Å². The summed E-state index contributed by atoms with van der Waals surface area (Å²) in [5.41, 5.74) is 3.43. The summed E-state index contributed by atoms with van der Waals surface area (Å²) in [5, 5.41) is 3.00. The number of hydrogen-bond donors (Lipinski definition) is 1. The molecule has 0 spiro atoms. The van der Waals surface area contributed by atoms with Crippen molar-refractivity contribution in [3.05, 3.63) is 53.6 Å². The van der Waals surface area contributed by atoms with Gasteiger partial charge in [-0.1, -0.05) is 24.3 Å². The molecule has 5 nitrogen and oxygen atoms in total. The number of anilines is 1. The van der Waals surface area contributed by atoms with Gasteiger partial charge in [-0.3, -0.25) is 9.69 Å². The lowest BCUT2D eigenvalue weighted by Gasteiger charge is -2.33. The average molecular weight is 338 g/mol. The Morgan fingerprint density at radius 1 is 1.08 bits per heavy atom. The molecule has 130 valence electrons. The van der Waals surface area contributed by atoms with E-state index in [0.29, 0.717) is 19.0 Å².